The van der Waals surface area contributed by atoms with Gasteiger partial charge in [-0.3, -0.25) is 9.69 Å². The monoisotopic (exact) mass is 389 g/mol. The molecule has 1 aliphatic rings. The Bertz CT molecular complexity index is 646. The number of anilines is 1. The molecule has 7 nitrogen and oxygen atoms in total. The quantitative estimate of drug-likeness (QED) is 0.636. The molecule has 0 bridgehead atoms. The number of halogens is 3. The number of benzene rings is 1. The van der Waals surface area contributed by atoms with Gasteiger partial charge in [-0.1, -0.05) is 6.92 Å². The van der Waals surface area contributed by atoms with Crippen LogP contribution in [0.2, 0.25) is 0 Å². The normalized spacial score (nSPS) is 19.3. The van der Waals surface area contributed by atoms with E-state index in [9.17, 15) is 22.8 Å². The van der Waals surface area contributed by atoms with E-state index in [1.54, 1.807) is 0 Å². The summed E-state index contributed by atoms with van der Waals surface area (Å²) in [6, 6.07) is 5.22. The van der Waals surface area contributed by atoms with E-state index in [0.717, 1.165) is 0 Å². The molecule has 1 saturated carbocycles. The van der Waals surface area contributed by atoms with Crippen LogP contribution in [0.25, 0.3) is 0 Å². The molecule has 0 saturated heterocycles. The van der Waals surface area contributed by atoms with Crippen LogP contribution >= 0.6 is 0 Å². The maximum absolute atomic E-state index is 12.1. The summed E-state index contributed by atoms with van der Waals surface area (Å²) in [5, 5.41) is 14.2. The van der Waals surface area contributed by atoms with Gasteiger partial charge in [0.25, 0.3) is 0 Å². The van der Waals surface area contributed by atoms with Gasteiger partial charge in [0.2, 0.25) is 0 Å². The summed E-state index contributed by atoms with van der Waals surface area (Å²) in [7, 11) is 0. The molecule has 1 aliphatic carbocycles. The van der Waals surface area contributed by atoms with Crippen LogP contribution in [-0.2, 0) is 4.79 Å². The summed E-state index contributed by atoms with van der Waals surface area (Å²) in [5.41, 5.74) is 0.420. The highest BCUT2D eigenvalue weighted by atomic mass is 19.4. The number of rotatable bonds is 8. The van der Waals surface area contributed by atoms with E-state index in [2.05, 4.69) is 15.4 Å². The Balaban J connectivity index is 1.73. The molecule has 150 valence electrons. The molecule has 27 heavy (non-hydrogen) atoms. The van der Waals surface area contributed by atoms with Gasteiger partial charge in [0, 0.05) is 17.8 Å². The Morgan fingerprint density at radius 2 is 1.89 bits per heavy atom. The number of aliphatic carboxylic acids is 1. The number of carbonyl (C=O) groups excluding carboxylic acids is 1. The van der Waals surface area contributed by atoms with Crippen LogP contribution < -0.4 is 15.4 Å². The average Bonchev–Trinajstić information content (AvgIpc) is 2.54. The summed E-state index contributed by atoms with van der Waals surface area (Å²) in [6.07, 6.45) is -3.08. The fourth-order valence-corrected chi connectivity index (χ4v) is 2.83. The van der Waals surface area contributed by atoms with Gasteiger partial charge in [0.15, 0.2) is 6.61 Å². The Morgan fingerprint density at radius 1 is 1.26 bits per heavy atom. The lowest BCUT2D eigenvalue weighted by Gasteiger charge is -2.42. The summed E-state index contributed by atoms with van der Waals surface area (Å²) in [4.78, 5) is 24.6. The highest BCUT2D eigenvalue weighted by Gasteiger charge is 2.34. The summed E-state index contributed by atoms with van der Waals surface area (Å²) < 4.78 is 40.9. The number of nitrogens with zero attached hydrogens (tertiary/aromatic N) is 1. The van der Waals surface area contributed by atoms with Crippen molar-refractivity contribution in [2.24, 2.45) is 0 Å². The number of carbonyl (C=O) groups is 2. The number of alkyl halides is 3. The summed E-state index contributed by atoms with van der Waals surface area (Å²) >= 11 is 0. The van der Waals surface area contributed by atoms with Crippen LogP contribution in [0.3, 0.4) is 0 Å². The van der Waals surface area contributed by atoms with E-state index < -0.39 is 24.8 Å². The standard InChI is InChI=1S/C17H22F3N3O4/c1-2-23(9-15(24)25)13-7-12(8-13)22-16(26)21-11-3-5-14(6-4-11)27-10-17(18,19)20/h3-6,12-13H,2,7-10H2,1H3,(H,24,25)(H2,21,22,26). The molecular weight excluding hydrogens is 367 g/mol. The zero-order chi connectivity index (χ0) is 20.0. The zero-order valence-electron chi connectivity index (χ0n) is 14.8. The molecule has 10 heteroatoms. The van der Waals surface area contributed by atoms with Crippen molar-refractivity contribution in [2.45, 2.75) is 38.0 Å². The SMILES string of the molecule is CCN(CC(=O)O)C1CC(NC(=O)Nc2ccc(OCC(F)(F)F)cc2)C1. The number of hydrogen-bond acceptors (Lipinski definition) is 4. The van der Waals surface area contributed by atoms with Gasteiger partial charge in [0.1, 0.15) is 5.75 Å². The number of carboxylic acid groups (broad SMARTS) is 1. The Labute approximate surface area is 154 Å². The summed E-state index contributed by atoms with van der Waals surface area (Å²) in [5.74, 6) is -0.827. The van der Waals surface area contributed by atoms with Crippen LogP contribution in [0.4, 0.5) is 23.7 Å². The third-order valence-corrected chi connectivity index (χ3v) is 4.22. The van der Waals surface area contributed by atoms with Crippen LogP contribution in [0.1, 0.15) is 19.8 Å². The molecule has 0 unspecified atom stereocenters. The maximum Gasteiger partial charge on any atom is 0.422 e. The first-order chi connectivity index (χ1) is 12.7. The third-order valence-electron chi connectivity index (χ3n) is 4.22. The van der Waals surface area contributed by atoms with Crippen LogP contribution in [0.15, 0.2) is 24.3 Å². The van der Waals surface area contributed by atoms with E-state index in [1.165, 1.54) is 24.3 Å². The van der Waals surface area contributed by atoms with Crippen molar-refractivity contribution >= 4 is 17.7 Å². The highest BCUT2D eigenvalue weighted by Crippen LogP contribution is 2.26. The van der Waals surface area contributed by atoms with Gasteiger partial charge in [-0.15, -0.1) is 0 Å². The molecule has 2 rings (SSSR count). The van der Waals surface area contributed by atoms with Crippen molar-refractivity contribution in [3.63, 3.8) is 0 Å². The molecule has 0 radical (unpaired) electrons. The van der Waals surface area contributed by atoms with Gasteiger partial charge in [0.05, 0.1) is 6.54 Å². The fraction of sp³-hybridized carbons (Fsp3) is 0.529. The first-order valence-corrected chi connectivity index (χ1v) is 8.49. The molecule has 1 aromatic rings. The molecule has 0 heterocycles. The number of urea groups is 1. The molecule has 3 N–H and O–H groups in total. The Hall–Kier alpha value is -2.49. The number of ether oxygens (including phenoxy) is 1. The van der Waals surface area contributed by atoms with E-state index in [0.29, 0.717) is 25.1 Å². The number of amides is 2. The molecule has 2 amide bonds. The van der Waals surface area contributed by atoms with Crippen molar-refractivity contribution in [2.75, 3.05) is 25.0 Å². The maximum atomic E-state index is 12.1. The van der Waals surface area contributed by atoms with E-state index in [1.807, 2.05) is 11.8 Å². The van der Waals surface area contributed by atoms with Gasteiger partial charge >= 0.3 is 18.2 Å². The number of nitrogens with one attached hydrogen (secondary N) is 2. The second-order valence-electron chi connectivity index (χ2n) is 6.31. The smallest absolute Gasteiger partial charge is 0.422 e. The second-order valence-corrected chi connectivity index (χ2v) is 6.31. The lowest BCUT2D eigenvalue weighted by atomic mass is 9.85. The van der Waals surface area contributed by atoms with Crippen molar-refractivity contribution in [1.82, 2.24) is 10.2 Å². The largest absolute Gasteiger partial charge is 0.484 e. The topological polar surface area (TPSA) is 90.9 Å². The van der Waals surface area contributed by atoms with Crippen molar-refractivity contribution in [1.29, 1.82) is 0 Å². The molecule has 0 atom stereocenters. The lowest BCUT2D eigenvalue weighted by Crippen LogP contribution is -2.55. The van der Waals surface area contributed by atoms with E-state index in [4.69, 9.17) is 5.11 Å². The zero-order valence-corrected chi connectivity index (χ0v) is 14.8. The predicted molar refractivity (Wildman–Crippen MR) is 91.8 cm³/mol. The van der Waals surface area contributed by atoms with Crippen LogP contribution in [0.5, 0.6) is 5.75 Å². The first-order valence-electron chi connectivity index (χ1n) is 8.49. The van der Waals surface area contributed by atoms with Crippen molar-refractivity contribution < 1.29 is 32.6 Å². The number of carboxylic acids is 1. The minimum Gasteiger partial charge on any atom is -0.484 e. The number of hydrogen-bond donors (Lipinski definition) is 3. The third kappa shape index (κ3) is 6.97. The van der Waals surface area contributed by atoms with Gasteiger partial charge in [-0.05, 0) is 43.7 Å². The minimum atomic E-state index is -4.41. The van der Waals surface area contributed by atoms with Gasteiger partial charge in [-0.2, -0.15) is 13.2 Å². The molecular formula is C17H22F3N3O4. The first kappa shape index (κ1) is 20.8. The summed E-state index contributed by atoms with van der Waals surface area (Å²) in [6.45, 7) is 1.11. The fourth-order valence-electron chi connectivity index (χ4n) is 2.83. The van der Waals surface area contributed by atoms with Crippen LogP contribution in [0, 0.1) is 0 Å². The Kier molecular flexibility index (Phi) is 6.89. The highest BCUT2D eigenvalue weighted by molar-refractivity contribution is 5.89. The molecule has 0 aliphatic heterocycles. The number of likely N-dealkylation sites (N-methyl/N-ethyl adjacent to an activating group) is 1. The lowest BCUT2D eigenvalue weighted by molar-refractivity contribution is -0.153. The molecule has 0 aromatic heterocycles. The van der Waals surface area contributed by atoms with E-state index in [-0.39, 0.29) is 24.4 Å². The minimum absolute atomic E-state index is 0.0250. The Morgan fingerprint density at radius 3 is 2.41 bits per heavy atom. The van der Waals surface area contributed by atoms with Crippen molar-refractivity contribution in [3.8, 4) is 5.75 Å². The molecule has 0 spiro atoms. The van der Waals surface area contributed by atoms with Crippen molar-refractivity contribution in [3.05, 3.63) is 24.3 Å². The molecule has 1 fully saturated rings. The van der Waals surface area contributed by atoms with E-state index >= 15 is 0 Å². The van der Waals surface area contributed by atoms with Gasteiger partial charge in [-0.25, -0.2) is 4.79 Å². The average molecular weight is 389 g/mol. The van der Waals surface area contributed by atoms with Gasteiger partial charge < -0.3 is 20.5 Å². The second kappa shape index (κ2) is 8.94. The van der Waals surface area contributed by atoms with Crippen LogP contribution in [-0.4, -0.2) is 60.0 Å². The predicted octanol–water partition coefficient (Wildman–Crippen LogP) is 2.69. The molecule has 1 aromatic carbocycles.